The molecule has 47 heavy (non-hydrogen) atoms. The van der Waals surface area contributed by atoms with Gasteiger partial charge >= 0.3 is 0 Å². The highest BCUT2D eigenvalue weighted by Gasteiger charge is 2.48. The third-order valence-electron chi connectivity index (χ3n) is 10.0. The van der Waals surface area contributed by atoms with E-state index in [2.05, 4.69) is 27.3 Å². The molecule has 9 nitrogen and oxygen atoms in total. The molecule has 1 aromatic heterocycles. The zero-order valence-electron chi connectivity index (χ0n) is 26.0. The SMILES string of the molecule is O=C1CCC(N2Cc3c(ccc(CN4CCC(N5CCN(C(c6ccccc6)c6ccccn6)CC5)C(F)(F)C4)c3F)C2=O)C(=O)N1. The number of nitrogens with one attached hydrogen (secondary N) is 1. The largest absolute Gasteiger partial charge is 0.322 e. The third kappa shape index (κ3) is 6.17. The number of piperidine rings is 2. The Kier molecular flexibility index (Phi) is 8.58. The second-order valence-corrected chi connectivity index (χ2v) is 12.9. The summed E-state index contributed by atoms with van der Waals surface area (Å²) in [5.41, 5.74) is 2.61. The Morgan fingerprint density at radius 1 is 0.915 bits per heavy atom. The van der Waals surface area contributed by atoms with Crippen LogP contribution < -0.4 is 5.32 Å². The highest BCUT2D eigenvalue weighted by atomic mass is 19.3. The number of alkyl halides is 2. The fourth-order valence-corrected chi connectivity index (χ4v) is 7.65. The van der Waals surface area contributed by atoms with Gasteiger partial charge in [0.05, 0.1) is 30.9 Å². The van der Waals surface area contributed by atoms with Crippen LogP contribution in [-0.4, -0.2) is 99.6 Å². The average molecular weight is 647 g/mol. The van der Waals surface area contributed by atoms with Crippen LogP contribution in [0.4, 0.5) is 13.2 Å². The minimum absolute atomic E-state index is 0.00929. The van der Waals surface area contributed by atoms with Gasteiger partial charge in [-0.1, -0.05) is 42.5 Å². The molecule has 3 amide bonds. The highest BCUT2D eigenvalue weighted by Crippen LogP contribution is 2.36. The molecule has 2 aromatic carbocycles. The molecule has 1 N–H and O–H groups in total. The molecule has 3 unspecified atom stereocenters. The third-order valence-corrected chi connectivity index (χ3v) is 10.0. The van der Waals surface area contributed by atoms with Crippen LogP contribution in [-0.2, 0) is 22.7 Å². The Balaban J connectivity index is 0.985. The Hall–Kier alpha value is -4.13. The maximum absolute atomic E-state index is 15.8. The van der Waals surface area contributed by atoms with Crippen LogP contribution in [0.15, 0.2) is 66.9 Å². The molecule has 0 saturated carbocycles. The Morgan fingerprint density at radius 3 is 2.38 bits per heavy atom. The van der Waals surface area contributed by atoms with Crippen molar-refractivity contribution in [2.24, 2.45) is 0 Å². The number of amides is 3. The maximum atomic E-state index is 15.8. The van der Waals surface area contributed by atoms with Crippen molar-refractivity contribution >= 4 is 17.7 Å². The zero-order chi connectivity index (χ0) is 32.7. The van der Waals surface area contributed by atoms with Crippen molar-refractivity contribution in [3.63, 3.8) is 0 Å². The monoisotopic (exact) mass is 646 g/mol. The molecule has 0 bridgehead atoms. The summed E-state index contributed by atoms with van der Waals surface area (Å²) in [6.45, 7) is 2.06. The number of fused-ring (bicyclic) bond motifs is 1. The number of imide groups is 1. The van der Waals surface area contributed by atoms with E-state index in [0.29, 0.717) is 32.7 Å². The number of carbonyl (C=O) groups is 3. The first-order valence-corrected chi connectivity index (χ1v) is 16.2. The normalized spacial score (nSPS) is 24.7. The molecule has 246 valence electrons. The standard InChI is InChI=1S/C35H37F3N6O3/c36-31-24(9-10-25-26(31)21-44(34(25)47)28-11-12-30(45)40-33(28)46)20-41-15-13-29(35(37,38)22-41)42-16-18-43(19-17-42)32(23-6-2-1-3-7-23)27-8-4-5-14-39-27/h1-10,14,28-29,32H,11-13,15-22H2,(H,40,45,46). The molecule has 3 atom stereocenters. The number of piperazine rings is 1. The van der Waals surface area contributed by atoms with Gasteiger partial charge in [-0.05, 0) is 36.6 Å². The number of rotatable bonds is 7. The summed E-state index contributed by atoms with van der Waals surface area (Å²) >= 11 is 0. The van der Waals surface area contributed by atoms with Crippen molar-refractivity contribution in [2.75, 3.05) is 39.3 Å². The first-order chi connectivity index (χ1) is 22.7. The number of benzene rings is 2. The van der Waals surface area contributed by atoms with Gasteiger partial charge in [0.15, 0.2) is 0 Å². The van der Waals surface area contributed by atoms with E-state index in [1.54, 1.807) is 11.1 Å². The Morgan fingerprint density at radius 2 is 1.68 bits per heavy atom. The molecule has 4 aliphatic heterocycles. The minimum Gasteiger partial charge on any atom is -0.322 e. The number of aromatic nitrogens is 1. The summed E-state index contributed by atoms with van der Waals surface area (Å²) in [7, 11) is 0. The van der Waals surface area contributed by atoms with E-state index in [4.69, 9.17) is 0 Å². The number of pyridine rings is 1. The van der Waals surface area contributed by atoms with Gasteiger partial charge in [0.2, 0.25) is 11.8 Å². The van der Waals surface area contributed by atoms with Gasteiger partial charge in [0, 0.05) is 68.6 Å². The van der Waals surface area contributed by atoms with Crippen molar-refractivity contribution in [3.05, 3.63) is 101 Å². The lowest BCUT2D eigenvalue weighted by Gasteiger charge is -2.47. The van der Waals surface area contributed by atoms with E-state index in [9.17, 15) is 14.4 Å². The number of carbonyl (C=O) groups excluding carboxylic acids is 3. The summed E-state index contributed by atoms with van der Waals surface area (Å²) in [5, 5.41) is 2.24. The van der Waals surface area contributed by atoms with Gasteiger partial charge in [-0.3, -0.25) is 39.4 Å². The van der Waals surface area contributed by atoms with Crippen molar-refractivity contribution in [3.8, 4) is 0 Å². The van der Waals surface area contributed by atoms with Crippen LogP contribution in [0.5, 0.6) is 0 Å². The molecule has 3 saturated heterocycles. The Labute approximate surface area is 271 Å². The zero-order valence-corrected chi connectivity index (χ0v) is 26.0. The molecule has 0 aliphatic carbocycles. The van der Waals surface area contributed by atoms with Crippen LogP contribution in [0.3, 0.4) is 0 Å². The second kappa shape index (κ2) is 12.8. The summed E-state index contributed by atoms with van der Waals surface area (Å²) in [6, 6.07) is 17.2. The van der Waals surface area contributed by atoms with E-state index >= 15 is 13.2 Å². The van der Waals surface area contributed by atoms with Crippen molar-refractivity contribution in [1.82, 2.24) is 29.9 Å². The predicted molar refractivity (Wildman–Crippen MR) is 167 cm³/mol. The Bertz CT molecular complexity index is 1610. The second-order valence-electron chi connectivity index (χ2n) is 12.9. The fourth-order valence-electron chi connectivity index (χ4n) is 7.65. The number of hydrogen-bond donors (Lipinski definition) is 1. The van der Waals surface area contributed by atoms with Gasteiger partial charge in [0.25, 0.3) is 11.8 Å². The summed E-state index contributed by atoms with van der Waals surface area (Å²) < 4.78 is 47.3. The quantitative estimate of drug-likeness (QED) is 0.393. The molecule has 4 aliphatic rings. The summed E-state index contributed by atoms with van der Waals surface area (Å²) in [4.78, 5) is 48.6. The van der Waals surface area contributed by atoms with Gasteiger partial charge in [0.1, 0.15) is 11.9 Å². The molecular weight excluding hydrogens is 609 g/mol. The van der Waals surface area contributed by atoms with E-state index in [1.165, 1.54) is 17.0 Å². The summed E-state index contributed by atoms with van der Waals surface area (Å²) in [6.07, 6.45) is 2.31. The van der Waals surface area contributed by atoms with E-state index in [0.717, 1.165) is 11.3 Å². The van der Waals surface area contributed by atoms with E-state index in [-0.39, 0.29) is 55.1 Å². The lowest BCUT2D eigenvalue weighted by Crippen LogP contribution is -2.61. The lowest BCUT2D eigenvalue weighted by molar-refractivity contribution is -0.137. The predicted octanol–water partition coefficient (Wildman–Crippen LogP) is 3.60. The molecule has 0 spiro atoms. The van der Waals surface area contributed by atoms with Gasteiger partial charge in [-0.25, -0.2) is 13.2 Å². The van der Waals surface area contributed by atoms with Gasteiger partial charge in [-0.2, -0.15) is 0 Å². The van der Waals surface area contributed by atoms with Crippen molar-refractivity contribution < 1.29 is 27.6 Å². The van der Waals surface area contributed by atoms with Crippen LogP contribution in [0.2, 0.25) is 0 Å². The van der Waals surface area contributed by atoms with E-state index < -0.39 is 48.1 Å². The summed E-state index contributed by atoms with van der Waals surface area (Å²) in [5.74, 6) is -5.04. The molecule has 12 heteroatoms. The van der Waals surface area contributed by atoms with Crippen LogP contribution in [0.1, 0.15) is 58.0 Å². The molecule has 5 heterocycles. The van der Waals surface area contributed by atoms with Crippen LogP contribution >= 0.6 is 0 Å². The first kappa shape index (κ1) is 31.5. The van der Waals surface area contributed by atoms with Crippen molar-refractivity contribution in [2.45, 2.75) is 56.4 Å². The number of likely N-dealkylation sites (tertiary alicyclic amines) is 1. The molecule has 3 fully saturated rings. The van der Waals surface area contributed by atoms with Gasteiger partial charge < -0.3 is 4.90 Å². The highest BCUT2D eigenvalue weighted by molar-refractivity contribution is 6.05. The molecule has 7 rings (SSSR count). The number of nitrogens with zero attached hydrogens (tertiary/aromatic N) is 5. The topological polar surface area (TPSA) is 89.1 Å². The molecular formula is C35H37F3N6O3. The first-order valence-electron chi connectivity index (χ1n) is 16.2. The lowest BCUT2D eigenvalue weighted by atomic mass is 9.96. The molecule has 3 aromatic rings. The van der Waals surface area contributed by atoms with Crippen molar-refractivity contribution in [1.29, 1.82) is 0 Å². The van der Waals surface area contributed by atoms with Crippen LogP contribution in [0, 0.1) is 5.82 Å². The van der Waals surface area contributed by atoms with Crippen LogP contribution in [0.25, 0.3) is 0 Å². The smallest absolute Gasteiger partial charge is 0.275 e. The van der Waals surface area contributed by atoms with Gasteiger partial charge in [-0.15, -0.1) is 0 Å². The molecule has 0 radical (unpaired) electrons. The number of hydrogen-bond acceptors (Lipinski definition) is 7. The number of halogens is 3. The van der Waals surface area contributed by atoms with E-state index in [1.807, 2.05) is 41.3 Å². The average Bonchev–Trinajstić information content (AvgIpc) is 3.40. The maximum Gasteiger partial charge on any atom is 0.275 e. The minimum atomic E-state index is -2.99. The fraction of sp³-hybridized carbons (Fsp3) is 0.429.